The van der Waals surface area contributed by atoms with Crippen LogP contribution < -0.4 is 14.2 Å². The van der Waals surface area contributed by atoms with Crippen LogP contribution in [0.1, 0.15) is 25.0 Å². The third-order valence-electron chi connectivity index (χ3n) is 4.49. The molecule has 0 bridgehead atoms. The van der Waals surface area contributed by atoms with Crippen molar-refractivity contribution in [2.75, 3.05) is 13.2 Å². The predicted octanol–water partition coefficient (Wildman–Crippen LogP) is 6.66. The first-order valence-corrected chi connectivity index (χ1v) is 11.6. The standard InChI is InChI=1S/C25H21BrF6O6/c1-3-35-22(23(33)34)13-16-5-8-21(19(26)12-16)36-11-10-15(2)4-6-17-14-18(37-24(27,28)29)7-9-20(17)38-25(30,31)32/h5,7-10,12,14,22H,3,11,13H2,1-2H3,(H,33,34)/b15-10-/t22-/m0/s1. The summed E-state index contributed by atoms with van der Waals surface area (Å²) in [6.45, 7) is 3.46. The minimum Gasteiger partial charge on any atom is -0.488 e. The number of allylic oxidation sites excluding steroid dienone is 1. The first kappa shape index (κ1) is 30.9. The second kappa shape index (κ2) is 13.4. The van der Waals surface area contributed by atoms with Crippen LogP contribution >= 0.6 is 15.9 Å². The Morgan fingerprint density at radius 3 is 2.29 bits per heavy atom. The molecule has 38 heavy (non-hydrogen) atoms. The zero-order valence-corrected chi connectivity index (χ0v) is 21.5. The van der Waals surface area contributed by atoms with Gasteiger partial charge in [-0.2, -0.15) is 0 Å². The van der Waals surface area contributed by atoms with Gasteiger partial charge in [-0.15, -0.1) is 26.3 Å². The predicted molar refractivity (Wildman–Crippen MR) is 127 cm³/mol. The Labute approximate surface area is 222 Å². The number of carboxylic acids is 1. The minimum atomic E-state index is -5.08. The van der Waals surface area contributed by atoms with E-state index < -0.39 is 41.9 Å². The number of halogens is 7. The third kappa shape index (κ3) is 10.9. The fourth-order valence-electron chi connectivity index (χ4n) is 2.91. The molecule has 13 heteroatoms. The van der Waals surface area contributed by atoms with Gasteiger partial charge in [-0.25, -0.2) is 4.79 Å². The van der Waals surface area contributed by atoms with Gasteiger partial charge in [0, 0.05) is 13.0 Å². The van der Waals surface area contributed by atoms with Gasteiger partial charge in [0.25, 0.3) is 0 Å². The summed E-state index contributed by atoms with van der Waals surface area (Å²) in [6.07, 6.45) is -9.47. The van der Waals surface area contributed by atoms with Crippen molar-refractivity contribution in [2.24, 2.45) is 0 Å². The molecule has 0 aliphatic rings. The molecule has 1 N–H and O–H groups in total. The number of aliphatic carboxylic acids is 1. The Bertz CT molecular complexity index is 1210. The number of rotatable bonds is 10. The van der Waals surface area contributed by atoms with E-state index >= 15 is 0 Å². The summed E-state index contributed by atoms with van der Waals surface area (Å²) in [5.74, 6) is 2.68. The quantitative estimate of drug-likeness (QED) is 0.240. The number of carbonyl (C=O) groups is 1. The summed E-state index contributed by atoms with van der Waals surface area (Å²) >= 11 is 3.34. The SMILES string of the molecule is CCO[C@@H](Cc1ccc(OC/C=C(/C)C#Cc2cc(OC(F)(F)F)ccc2OC(F)(F)F)c(Br)c1)C(=O)O. The van der Waals surface area contributed by atoms with E-state index in [1.807, 2.05) is 0 Å². The Morgan fingerprint density at radius 2 is 1.71 bits per heavy atom. The van der Waals surface area contributed by atoms with Crippen LogP contribution in [-0.2, 0) is 16.0 Å². The summed E-state index contributed by atoms with van der Waals surface area (Å²) in [7, 11) is 0. The number of benzene rings is 2. The molecule has 2 aromatic rings. The molecule has 0 unspecified atom stereocenters. The molecule has 206 valence electrons. The van der Waals surface area contributed by atoms with Crippen LogP contribution in [0.2, 0.25) is 0 Å². The molecule has 0 aromatic heterocycles. The normalized spacial score (nSPS) is 12.8. The number of hydrogen-bond donors (Lipinski definition) is 1. The maximum absolute atomic E-state index is 12.7. The van der Waals surface area contributed by atoms with Crippen LogP contribution in [0, 0.1) is 11.8 Å². The molecule has 0 saturated heterocycles. The molecule has 0 aliphatic carbocycles. The Kier molecular flexibility index (Phi) is 10.9. The number of alkyl halides is 6. The highest BCUT2D eigenvalue weighted by atomic mass is 79.9. The van der Waals surface area contributed by atoms with E-state index in [0.717, 1.165) is 0 Å². The highest BCUT2D eigenvalue weighted by Gasteiger charge is 2.34. The molecule has 0 amide bonds. The van der Waals surface area contributed by atoms with E-state index in [1.165, 1.54) is 13.0 Å². The van der Waals surface area contributed by atoms with Gasteiger partial charge in [-0.05, 0) is 77.3 Å². The fourth-order valence-corrected chi connectivity index (χ4v) is 3.45. The molecule has 2 rings (SSSR count). The molecule has 0 saturated carbocycles. The van der Waals surface area contributed by atoms with Crippen molar-refractivity contribution in [1.29, 1.82) is 0 Å². The summed E-state index contributed by atoms with van der Waals surface area (Å²) in [5, 5.41) is 9.21. The van der Waals surface area contributed by atoms with E-state index in [4.69, 9.17) is 9.47 Å². The van der Waals surface area contributed by atoms with E-state index in [2.05, 4.69) is 37.2 Å². The average molecular weight is 611 g/mol. The first-order chi connectivity index (χ1) is 17.7. The van der Waals surface area contributed by atoms with Crippen LogP contribution in [-0.4, -0.2) is 43.1 Å². The lowest BCUT2D eigenvalue weighted by atomic mass is 10.1. The zero-order chi connectivity index (χ0) is 28.5. The van der Waals surface area contributed by atoms with Crippen molar-refractivity contribution in [2.45, 2.75) is 39.1 Å². The number of carboxylic acid groups (broad SMARTS) is 1. The van der Waals surface area contributed by atoms with Gasteiger partial charge < -0.3 is 24.1 Å². The van der Waals surface area contributed by atoms with Crippen molar-refractivity contribution in [3.63, 3.8) is 0 Å². The van der Waals surface area contributed by atoms with Crippen LogP contribution in [0.15, 0.2) is 52.5 Å². The first-order valence-electron chi connectivity index (χ1n) is 10.8. The largest absolute Gasteiger partial charge is 0.573 e. The van der Waals surface area contributed by atoms with Crippen molar-refractivity contribution < 1.29 is 55.2 Å². The minimum absolute atomic E-state index is 0.00170. The van der Waals surface area contributed by atoms with Gasteiger partial charge in [0.2, 0.25) is 0 Å². The lowest BCUT2D eigenvalue weighted by Gasteiger charge is -2.13. The van der Waals surface area contributed by atoms with Crippen molar-refractivity contribution >= 4 is 21.9 Å². The number of ether oxygens (including phenoxy) is 4. The van der Waals surface area contributed by atoms with E-state index in [9.17, 15) is 36.2 Å². The van der Waals surface area contributed by atoms with E-state index in [-0.39, 0.29) is 19.6 Å². The van der Waals surface area contributed by atoms with Crippen LogP contribution in [0.25, 0.3) is 0 Å². The van der Waals surface area contributed by atoms with Crippen LogP contribution in [0.4, 0.5) is 26.3 Å². The maximum Gasteiger partial charge on any atom is 0.573 e. The highest BCUT2D eigenvalue weighted by molar-refractivity contribution is 9.10. The molecular formula is C25H21BrF6O6. The third-order valence-corrected chi connectivity index (χ3v) is 5.11. The topological polar surface area (TPSA) is 74.2 Å². The van der Waals surface area contributed by atoms with E-state index in [1.54, 1.807) is 25.1 Å². The monoisotopic (exact) mass is 610 g/mol. The number of hydrogen-bond acceptors (Lipinski definition) is 5. The zero-order valence-electron chi connectivity index (χ0n) is 19.9. The average Bonchev–Trinajstić information content (AvgIpc) is 2.78. The maximum atomic E-state index is 12.7. The van der Waals surface area contributed by atoms with E-state index in [0.29, 0.717) is 39.6 Å². The smallest absolute Gasteiger partial charge is 0.488 e. The molecule has 6 nitrogen and oxygen atoms in total. The molecule has 0 spiro atoms. The fraction of sp³-hybridized carbons (Fsp3) is 0.320. The van der Waals surface area contributed by atoms with Crippen LogP contribution in [0.5, 0.6) is 17.2 Å². The summed E-state index contributed by atoms with van der Waals surface area (Å²) in [4.78, 5) is 11.3. The van der Waals surface area contributed by atoms with Gasteiger partial charge in [-0.1, -0.05) is 17.9 Å². The van der Waals surface area contributed by atoms with Gasteiger partial charge in [0.15, 0.2) is 6.10 Å². The lowest BCUT2D eigenvalue weighted by Crippen LogP contribution is -2.26. The molecule has 0 aliphatic heterocycles. The second-order valence-corrected chi connectivity index (χ2v) is 8.31. The van der Waals surface area contributed by atoms with Gasteiger partial charge in [-0.3, -0.25) is 0 Å². The Balaban J connectivity index is 2.13. The van der Waals surface area contributed by atoms with Gasteiger partial charge >= 0.3 is 18.7 Å². The summed E-state index contributed by atoms with van der Waals surface area (Å²) < 4.78 is 94.4. The Hall–Kier alpha value is -3.37. The lowest BCUT2D eigenvalue weighted by molar-refractivity contribution is -0.277. The second-order valence-electron chi connectivity index (χ2n) is 7.45. The highest BCUT2D eigenvalue weighted by Crippen LogP contribution is 2.31. The molecule has 1 atom stereocenters. The molecule has 0 heterocycles. The Morgan fingerprint density at radius 1 is 1.05 bits per heavy atom. The molecular weight excluding hydrogens is 590 g/mol. The van der Waals surface area contributed by atoms with Crippen LogP contribution in [0.3, 0.4) is 0 Å². The van der Waals surface area contributed by atoms with Crippen molar-refractivity contribution in [1.82, 2.24) is 0 Å². The molecule has 2 aromatic carbocycles. The van der Waals surface area contributed by atoms with Gasteiger partial charge in [0.05, 0.1) is 10.0 Å². The van der Waals surface area contributed by atoms with Crippen molar-refractivity contribution in [3.05, 3.63) is 63.6 Å². The van der Waals surface area contributed by atoms with Gasteiger partial charge in [0.1, 0.15) is 23.9 Å². The molecule has 0 radical (unpaired) electrons. The van der Waals surface area contributed by atoms with Crippen molar-refractivity contribution in [3.8, 4) is 29.1 Å². The summed E-state index contributed by atoms with van der Waals surface area (Å²) in [6, 6.07) is 7.01. The molecule has 0 fully saturated rings. The summed E-state index contributed by atoms with van der Waals surface area (Å²) in [5.41, 5.74) is 0.568.